The van der Waals surface area contributed by atoms with Gasteiger partial charge in [-0.25, -0.2) is 4.79 Å². The minimum atomic E-state index is -1.02. The van der Waals surface area contributed by atoms with Crippen molar-refractivity contribution in [2.24, 2.45) is 5.92 Å². The highest BCUT2D eigenvalue weighted by atomic mass is 16.5. The van der Waals surface area contributed by atoms with Crippen molar-refractivity contribution in [3.8, 4) is 5.75 Å². The summed E-state index contributed by atoms with van der Waals surface area (Å²) in [4.78, 5) is 44.9. The van der Waals surface area contributed by atoms with Gasteiger partial charge >= 0.3 is 5.97 Å². The molecule has 4 rings (SSSR count). The molecule has 196 valence electrons. The summed E-state index contributed by atoms with van der Waals surface area (Å²) in [5.41, 5.74) is 1.17. The van der Waals surface area contributed by atoms with Crippen LogP contribution in [0.5, 0.6) is 5.75 Å². The molecule has 8 nitrogen and oxygen atoms in total. The van der Waals surface area contributed by atoms with Crippen LogP contribution in [0.15, 0.2) is 78.5 Å². The first-order valence-electron chi connectivity index (χ1n) is 12.5. The van der Waals surface area contributed by atoms with E-state index in [1.54, 1.807) is 66.9 Å². The van der Waals surface area contributed by atoms with E-state index in [2.05, 4.69) is 4.98 Å². The van der Waals surface area contributed by atoms with E-state index < -0.39 is 23.7 Å². The molecule has 1 aliphatic heterocycles. The fourth-order valence-corrected chi connectivity index (χ4v) is 4.13. The number of hydrogen-bond donors (Lipinski definition) is 1. The van der Waals surface area contributed by atoms with Crippen molar-refractivity contribution in [3.63, 3.8) is 0 Å². The van der Waals surface area contributed by atoms with Gasteiger partial charge in [-0.15, -0.1) is 0 Å². The molecule has 1 N–H and O–H groups in total. The van der Waals surface area contributed by atoms with Crippen molar-refractivity contribution in [2.45, 2.75) is 33.2 Å². The van der Waals surface area contributed by atoms with Gasteiger partial charge in [-0.2, -0.15) is 0 Å². The summed E-state index contributed by atoms with van der Waals surface area (Å²) in [5.74, 6) is -1.73. The number of Topliss-reactive ketones (excluding diaryl/α,β-unsaturated/α-hetero) is 1. The van der Waals surface area contributed by atoms with Crippen LogP contribution in [-0.4, -0.2) is 41.0 Å². The van der Waals surface area contributed by atoms with Crippen LogP contribution in [0.2, 0.25) is 0 Å². The monoisotopic (exact) mass is 514 g/mol. The summed E-state index contributed by atoms with van der Waals surface area (Å²) in [5, 5.41) is 11.4. The van der Waals surface area contributed by atoms with Crippen LogP contribution in [0.4, 0.5) is 5.69 Å². The molecule has 1 unspecified atom stereocenters. The predicted octanol–water partition coefficient (Wildman–Crippen LogP) is 5.31. The van der Waals surface area contributed by atoms with Crippen molar-refractivity contribution in [2.75, 3.05) is 18.1 Å². The highest BCUT2D eigenvalue weighted by Gasteiger charge is 2.47. The van der Waals surface area contributed by atoms with Crippen LogP contribution in [0, 0.1) is 5.92 Å². The Morgan fingerprint density at radius 3 is 2.50 bits per heavy atom. The maximum Gasteiger partial charge on any atom is 0.338 e. The van der Waals surface area contributed by atoms with Gasteiger partial charge in [-0.1, -0.05) is 45.0 Å². The van der Waals surface area contributed by atoms with Gasteiger partial charge in [0.05, 0.1) is 30.0 Å². The number of anilines is 1. The highest BCUT2D eigenvalue weighted by molar-refractivity contribution is 6.51. The van der Waals surface area contributed by atoms with E-state index in [9.17, 15) is 19.5 Å². The Kier molecular flexibility index (Phi) is 8.21. The SMILES string of the molecule is CCCOC(=O)c1cccc(N2C(=O)C(=O)/C(=C(/O)c3cccc(OCC(C)C)c3)C2c2ccccn2)c1. The smallest absolute Gasteiger partial charge is 0.338 e. The average Bonchev–Trinajstić information content (AvgIpc) is 3.20. The predicted molar refractivity (Wildman–Crippen MR) is 143 cm³/mol. The number of aromatic nitrogens is 1. The fraction of sp³-hybridized carbons (Fsp3) is 0.267. The Morgan fingerprint density at radius 2 is 1.79 bits per heavy atom. The van der Waals surface area contributed by atoms with Crippen molar-refractivity contribution < 1.29 is 29.0 Å². The van der Waals surface area contributed by atoms with Crippen molar-refractivity contribution >= 4 is 29.1 Å². The average molecular weight is 515 g/mol. The number of amides is 1. The van der Waals surface area contributed by atoms with Gasteiger partial charge in [0.15, 0.2) is 0 Å². The number of nitrogens with zero attached hydrogens (tertiary/aromatic N) is 2. The second kappa shape index (κ2) is 11.7. The molecule has 1 fully saturated rings. The van der Waals surface area contributed by atoms with Gasteiger partial charge in [-0.05, 0) is 54.8 Å². The van der Waals surface area contributed by atoms with Crippen LogP contribution < -0.4 is 9.64 Å². The second-order valence-corrected chi connectivity index (χ2v) is 9.34. The lowest BCUT2D eigenvalue weighted by molar-refractivity contribution is -0.132. The Hall–Kier alpha value is -4.46. The molecule has 2 aromatic carbocycles. The van der Waals surface area contributed by atoms with E-state index >= 15 is 0 Å². The molecule has 0 radical (unpaired) electrons. The maximum absolute atomic E-state index is 13.4. The molecular weight excluding hydrogens is 484 g/mol. The summed E-state index contributed by atoms with van der Waals surface area (Å²) >= 11 is 0. The molecule has 1 saturated heterocycles. The van der Waals surface area contributed by atoms with Crippen LogP contribution in [0.25, 0.3) is 5.76 Å². The third-order valence-corrected chi connectivity index (χ3v) is 5.90. The Balaban J connectivity index is 1.81. The molecule has 1 atom stereocenters. The minimum Gasteiger partial charge on any atom is -0.507 e. The zero-order valence-electron chi connectivity index (χ0n) is 21.6. The van der Waals surface area contributed by atoms with E-state index in [0.717, 1.165) is 0 Å². The molecule has 0 aliphatic carbocycles. The largest absolute Gasteiger partial charge is 0.507 e. The van der Waals surface area contributed by atoms with Gasteiger partial charge in [0.2, 0.25) is 0 Å². The van der Waals surface area contributed by atoms with Gasteiger partial charge in [-0.3, -0.25) is 19.5 Å². The van der Waals surface area contributed by atoms with E-state index in [1.807, 2.05) is 20.8 Å². The summed E-state index contributed by atoms with van der Waals surface area (Å²) in [6, 6.07) is 17.2. The van der Waals surface area contributed by atoms with Crippen LogP contribution in [0.3, 0.4) is 0 Å². The van der Waals surface area contributed by atoms with Gasteiger partial charge in [0, 0.05) is 17.4 Å². The Labute approximate surface area is 221 Å². The number of hydrogen-bond acceptors (Lipinski definition) is 7. The van der Waals surface area contributed by atoms with E-state index in [4.69, 9.17) is 9.47 Å². The number of ketones is 1. The number of carbonyl (C=O) groups is 3. The van der Waals surface area contributed by atoms with Gasteiger partial charge in [0.25, 0.3) is 11.7 Å². The number of benzene rings is 2. The number of carbonyl (C=O) groups excluding carboxylic acids is 3. The van der Waals surface area contributed by atoms with Crippen LogP contribution >= 0.6 is 0 Å². The molecule has 2 heterocycles. The third kappa shape index (κ3) is 5.59. The first-order valence-corrected chi connectivity index (χ1v) is 12.5. The Morgan fingerprint density at radius 1 is 1.03 bits per heavy atom. The van der Waals surface area contributed by atoms with Crippen LogP contribution in [-0.2, 0) is 14.3 Å². The molecule has 1 aromatic heterocycles. The molecule has 1 amide bonds. The number of pyridine rings is 1. The van der Waals surface area contributed by atoms with E-state index in [-0.39, 0.29) is 23.5 Å². The lowest BCUT2D eigenvalue weighted by Gasteiger charge is -2.25. The fourth-order valence-electron chi connectivity index (χ4n) is 4.13. The zero-order chi connectivity index (χ0) is 27.2. The number of rotatable bonds is 9. The standard InChI is InChI=1S/C30H30N2O6/c1-4-15-37-30(36)21-10-7-11-22(16-21)32-26(24-13-5-6-14-31-24)25(28(34)29(32)35)27(33)20-9-8-12-23(17-20)38-18-19(2)3/h5-14,16-17,19,26,33H,4,15,18H2,1-3H3/b27-25+. The number of ether oxygens (including phenoxy) is 2. The summed E-state index contributed by atoms with van der Waals surface area (Å²) in [7, 11) is 0. The molecule has 3 aromatic rings. The Bertz CT molecular complexity index is 1370. The molecular formula is C30H30N2O6. The van der Waals surface area contributed by atoms with E-state index in [1.165, 1.54) is 11.0 Å². The summed E-state index contributed by atoms with van der Waals surface area (Å²) < 4.78 is 11.0. The molecule has 0 saturated carbocycles. The summed E-state index contributed by atoms with van der Waals surface area (Å²) in [6.45, 7) is 6.69. The molecule has 0 bridgehead atoms. The van der Waals surface area contributed by atoms with Crippen molar-refractivity contribution in [3.05, 3.63) is 95.3 Å². The summed E-state index contributed by atoms with van der Waals surface area (Å²) in [6.07, 6.45) is 2.22. The molecule has 8 heteroatoms. The highest BCUT2D eigenvalue weighted by Crippen LogP contribution is 2.42. The number of aliphatic hydroxyl groups excluding tert-OH is 1. The number of aliphatic hydroxyl groups is 1. The van der Waals surface area contributed by atoms with E-state index in [0.29, 0.717) is 41.6 Å². The lowest BCUT2D eigenvalue weighted by Crippen LogP contribution is -2.30. The molecule has 0 spiro atoms. The van der Waals surface area contributed by atoms with Gasteiger partial charge in [0.1, 0.15) is 17.6 Å². The molecule has 1 aliphatic rings. The maximum atomic E-state index is 13.4. The van der Waals surface area contributed by atoms with Gasteiger partial charge < -0.3 is 14.6 Å². The van der Waals surface area contributed by atoms with Crippen molar-refractivity contribution in [1.82, 2.24) is 4.98 Å². The lowest BCUT2D eigenvalue weighted by atomic mass is 9.98. The topological polar surface area (TPSA) is 106 Å². The second-order valence-electron chi connectivity index (χ2n) is 9.34. The zero-order valence-corrected chi connectivity index (χ0v) is 21.6. The molecule has 38 heavy (non-hydrogen) atoms. The van der Waals surface area contributed by atoms with Crippen molar-refractivity contribution in [1.29, 1.82) is 0 Å². The third-order valence-electron chi connectivity index (χ3n) is 5.90. The number of esters is 1. The quantitative estimate of drug-likeness (QED) is 0.179. The first kappa shape index (κ1) is 26.6. The normalized spacial score (nSPS) is 16.6. The minimum absolute atomic E-state index is 0.103. The van der Waals surface area contributed by atoms with Crippen LogP contribution in [0.1, 0.15) is 54.8 Å². The first-order chi connectivity index (χ1) is 18.3.